The van der Waals surface area contributed by atoms with Crippen LogP contribution in [0.3, 0.4) is 0 Å². The van der Waals surface area contributed by atoms with Gasteiger partial charge in [-0.1, -0.05) is 0 Å². The molecule has 5 nitrogen and oxygen atoms in total. The predicted molar refractivity (Wildman–Crippen MR) is 44.4 cm³/mol. The molecule has 0 bridgehead atoms. The Morgan fingerprint density at radius 2 is 2.38 bits per heavy atom. The minimum atomic E-state index is -1.06. The number of carboxylic acid groups (broad SMARTS) is 1. The zero-order chi connectivity index (χ0) is 10.0. The van der Waals surface area contributed by atoms with Gasteiger partial charge >= 0.3 is 5.97 Å². The highest BCUT2D eigenvalue weighted by atomic mass is 16.4. The Labute approximate surface area is 74.8 Å². The van der Waals surface area contributed by atoms with E-state index >= 15 is 0 Å². The number of rotatable bonds is 3. The molecule has 4 N–H and O–H groups in total. The van der Waals surface area contributed by atoms with Gasteiger partial charge < -0.3 is 20.4 Å². The second kappa shape index (κ2) is 3.59. The van der Waals surface area contributed by atoms with Crippen LogP contribution >= 0.6 is 0 Å². The number of aliphatic hydroxyl groups is 1. The molecule has 0 aliphatic rings. The van der Waals surface area contributed by atoms with Crippen molar-refractivity contribution >= 4 is 5.97 Å². The number of furan rings is 1. The van der Waals surface area contributed by atoms with Gasteiger partial charge in [0.05, 0.1) is 12.6 Å². The van der Waals surface area contributed by atoms with Crippen molar-refractivity contribution in [3.8, 4) is 0 Å². The third-order valence-electron chi connectivity index (χ3n) is 1.73. The van der Waals surface area contributed by atoms with E-state index in [1.165, 1.54) is 13.0 Å². The fourth-order valence-corrected chi connectivity index (χ4v) is 0.990. The van der Waals surface area contributed by atoms with Gasteiger partial charge in [0, 0.05) is 0 Å². The van der Waals surface area contributed by atoms with E-state index in [-0.39, 0.29) is 17.9 Å². The molecular formula is C8H11NO4. The number of carboxylic acids is 1. The normalized spacial score (nSPS) is 12.8. The standard InChI is InChI=1S/C8H11NO4/c1-4-5(8(11)12)2-7(13-4)6(9)3-10/h2,6,10H,3,9H2,1H3,(H,11,12)/t6-/m0/s1. The molecule has 5 heteroatoms. The largest absolute Gasteiger partial charge is 0.478 e. The Kier molecular flexibility index (Phi) is 2.69. The molecule has 0 saturated carbocycles. The average Bonchev–Trinajstić information content (AvgIpc) is 2.46. The van der Waals surface area contributed by atoms with E-state index in [0.29, 0.717) is 5.76 Å². The van der Waals surface area contributed by atoms with E-state index in [2.05, 4.69) is 0 Å². The molecule has 1 aromatic heterocycles. The van der Waals surface area contributed by atoms with Crippen molar-refractivity contribution in [2.45, 2.75) is 13.0 Å². The van der Waals surface area contributed by atoms with Gasteiger partial charge in [0.25, 0.3) is 0 Å². The smallest absolute Gasteiger partial charge is 0.339 e. The van der Waals surface area contributed by atoms with Crippen molar-refractivity contribution in [2.24, 2.45) is 5.73 Å². The first kappa shape index (κ1) is 9.76. The maximum Gasteiger partial charge on any atom is 0.339 e. The monoisotopic (exact) mass is 185 g/mol. The topological polar surface area (TPSA) is 96.7 Å². The maximum absolute atomic E-state index is 10.6. The van der Waals surface area contributed by atoms with Gasteiger partial charge in [-0.15, -0.1) is 0 Å². The highest BCUT2D eigenvalue weighted by Crippen LogP contribution is 2.18. The molecule has 13 heavy (non-hydrogen) atoms. The Morgan fingerprint density at radius 1 is 1.77 bits per heavy atom. The lowest BCUT2D eigenvalue weighted by atomic mass is 10.2. The first-order chi connectivity index (χ1) is 6.06. The van der Waals surface area contributed by atoms with Crippen molar-refractivity contribution in [3.63, 3.8) is 0 Å². The van der Waals surface area contributed by atoms with Crippen LogP contribution in [0.1, 0.15) is 27.9 Å². The first-order valence-corrected chi connectivity index (χ1v) is 3.76. The molecule has 1 rings (SSSR count). The van der Waals surface area contributed by atoms with Crippen molar-refractivity contribution in [3.05, 3.63) is 23.2 Å². The van der Waals surface area contributed by atoms with E-state index < -0.39 is 12.0 Å². The number of hydrogen-bond donors (Lipinski definition) is 3. The lowest BCUT2D eigenvalue weighted by Crippen LogP contribution is -2.13. The fourth-order valence-electron chi connectivity index (χ4n) is 0.990. The number of aromatic carboxylic acids is 1. The summed E-state index contributed by atoms with van der Waals surface area (Å²) in [5.41, 5.74) is 5.52. The quantitative estimate of drug-likeness (QED) is 0.628. The zero-order valence-electron chi connectivity index (χ0n) is 7.15. The maximum atomic E-state index is 10.6. The molecule has 0 amide bonds. The number of carbonyl (C=O) groups is 1. The molecule has 1 aromatic rings. The molecule has 72 valence electrons. The number of aliphatic hydroxyl groups excluding tert-OH is 1. The van der Waals surface area contributed by atoms with Crippen LogP contribution in [0.25, 0.3) is 0 Å². The summed E-state index contributed by atoms with van der Waals surface area (Å²) in [6.07, 6.45) is 0. The van der Waals surface area contributed by atoms with Crippen molar-refractivity contribution in [1.29, 1.82) is 0 Å². The number of hydrogen-bond acceptors (Lipinski definition) is 4. The van der Waals surface area contributed by atoms with Gasteiger partial charge in [-0.25, -0.2) is 4.79 Å². The minimum Gasteiger partial charge on any atom is -0.478 e. The second-order valence-corrected chi connectivity index (χ2v) is 2.71. The van der Waals surface area contributed by atoms with Gasteiger partial charge in [0.1, 0.15) is 17.1 Å². The van der Waals surface area contributed by atoms with Gasteiger partial charge in [-0.2, -0.15) is 0 Å². The van der Waals surface area contributed by atoms with Gasteiger partial charge in [0.2, 0.25) is 0 Å². The molecule has 0 unspecified atom stereocenters. The summed E-state index contributed by atoms with van der Waals surface area (Å²) < 4.78 is 5.06. The highest BCUT2D eigenvalue weighted by Gasteiger charge is 2.17. The van der Waals surface area contributed by atoms with Crippen molar-refractivity contribution < 1.29 is 19.4 Å². The lowest BCUT2D eigenvalue weighted by Gasteiger charge is -2.01. The van der Waals surface area contributed by atoms with Crippen LogP contribution in [-0.2, 0) is 0 Å². The minimum absolute atomic E-state index is 0.0823. The molecule has 0 radical (unpaired) electrons. The molecular weight excluding hydrogens is 174 g/mol. The molecule has 0 aliphatic heterocycles. The van der Waals surface area contributed by atoms with Crippen LogP contribution in [0.15, 0.2) is 10.5 Å². The third kappa shape index (κ3) is 1.88. The van der Waals surface area contributed by atoms with Crippen LogP contribution in [0.4, 0.5) is 0 Å². The van der Waals surface area contributed by atoms with Crippen molar-refractivity contribution in [1.82, 2.24) is 0 Å². The summed E-state index contributed by atoms with van der Waals surface area (Å²) in [6.45, 7) is 1.27. The summed E-state index contributed by atoms with van der Waals surface area (Å²) in [6, 6.07) is 0.672. The van der Waals surface area contributed by atoms with Gasteiger partial charge in [-0.05, 0) is 13.0 Å². The van der Waals surface area contributed by atoms with E-state index in [0.717, 1.165) is 0 Å². The zero-order valence-corrected chi connectivity index (χ0v) is 7.15. The molecule has 1 heterocycles. The molecule has 0 saturated heterocycles. The third-order valence-corrected chi connectivity index (χ3v) is 1.73. The van der Waals surface area contributed by atoms with E-state index in [9.17, 15) is 4.79 Å². The Morgan fingerprint density at radius 3 is 2.77 bits per heavy atom. The highest BCUT2D eigenvalue weighted by molar-refractivity contribution is 5.88. The summed E-state index contributed by atoms with van der Waals surface area (Å²) in [5.74, 6) is -0.471. The van der Waals surface area contributed by atoms with E-state index in [1.54, 1.807) is 0 Å². The molecule has 1 atom stereocenters. The molecule has 0 aromatic carbocycles. The van der Waals surface area contributed by atoms with Gasteiger partial charge in [0.15, 0.2) is 0 Å². The summed E-state index contributed by atoms with van der Waals surface area (Å²) in [4.78, 5) is 10.6. The van der Waals surface area contributed by atoms with Crippen molar-refractivity contribution in [2.75, 3.05) is 6.61 Å². The summed E-state index contributed by atoms with van der Waals surface area (Å²) >= 11 is 0. The van der Waals surface area contributed by atoms with Crippen LogP contribution < -0.4 is 5.73 Å². The van der Waals surface area contributed by atoms with Crippen LogP contribution in [0.2, 0.25) is 0 Å². The van der Waals surface area contributed by atoms with Gasteiger partial charge in [-0.3, -0.25) is 0 Å². The molecule has 0 fully saturated rings. The summed E-state index contributed by atoms with van der Waals surface area (Å²) in [5, 5.41) is 17.4. The Bertz CT molecular complexity index is 318. The SMILES string of the molecule is Cc1oc([C@@H](N)CO)cc1C(=O)O. The Hall–Kier alpha value is -1.33. The second-order valence-electron chi connectivity index (χ2n) is 2.71. The van der Waals surface area contributed by atoms with Crippen LogP contribution in [-0.4, -0.2) is 22.8 Å². The average molecular weight is 185 g/mol. The number of nitrogens with two attached hydrogens (primary N) is 1. The summed E-state index contributed by atoms with van der Waals surface area (Å²) in [7, 11) is 0. The fraction of sp³-hybridized carbons (Fsp3) is 0.375. The first-order valence-electron chi connectivity index (χ1n) is 3.76. The van der Waals surface area contributed by atoms with E-state index in [1.807, 2.05) is 0 Å². The Balaban J connectivity index is 3.01. The van der Waals surface area contributed by atoms with Crippen LogP contribution in [0, 0.1) is 6.92 Å². The van der Waals surface area contributed by atoms with E-state index in [4.69, 9.17) is 20.4 Å². The lowest BCUT2D eigenvalue weighted by molar-refractivity contribution is 0.0695. The number of aryl methyl sites for hydroxylation is 1. The molecule has 0 spiro atoms. The predicted octanol–water partition coefficient (Wildman–Crippen LogP) is 0.278. The molecule has 0 aliphatic carbocycles. The van der Waals surface area contributed by atoms with Crippen LogP contribution in [0.5, 0.6) is 0 Å².